The minimum atomic E-state index is 0.0105. The number of nitrogens with zero attached hydrogens (tertiary/aromatic N) is 1. The highest BCUT2D eigenvalue weighted by atomic mass is 16.2. The van der Waals surface area contributed by atoms with Crippen molar-refractivity contribution >= 4 is 17.5 Å². The highest BCUT2D eigenvalue weighted by Gasteiger charge is 2.60. The highest BCUT2D eigenvalue weighted by Crippen LogP contribution is 2.65. The monoisotopic (exact) mass is 417 g/mol. The van der Waals surface area contributed by atoms with Crippen molar-refractivity contribution in [1.29, 1.82) is 5.26 Å². The maximum atomic E-state index is 13.3. The number of rotatable bonds is 2. The lowest BCUT2D eigenvalue weighted by molar-refractivity contribution is -0.129. The van der Waals surface area contributed by atoms with Gasteiger partial charge in [-0.15, -0.1) is 0 Å². The summed E-state index contributed by atoms with van der Waals surface area (Å²) >= 11 is 0. The molecule has 0 bridgehead atoms. The SMILES string of the molecule is C[C@]12C=CC(=O)NC1CC[C@@H]1[C@H]2CC[C@]2(C)C(C(=O)Nc3cccc(C#N)c3)CC[C@@H]12. The number of amides is 2. The van der Waals surface area contributed by atoms with Crippen LogP contribution in [-0.4, -0.2) is 17.9 Å². The lowest BCUT2D eigenvalue weighted by atomic mass is 9.48. The minimum Gasteiger partial charge on any atom is -0.349 e. The first-order valence-electron chi connectivity index (χ1n) is 11.7. The van der Waals surface area contributed by atoms with E-state index in [0.717, 1.165) is 38.5 Å². The lowest BCUT2D eigenvalue weighted by Gasteiger charge is -2.58. The van der Waals surface area contributed by atoms with Crippen LogP contribution in [0.5, 0.6) is 0 Å². The molecule has 31 heavy (non-hydrogen) atoms. The Bertz CT molecular complexity index is 995. The summed E-state index contributed by atoms with van der Waals surface area (Å²) in [5.74, 6) is 1.88. The van der Waals surface area contributed by atoms with Crippen LogP contribution >= 0.6 is 0 Å². The van der Waals surface area contributed by atoms with Gasteiger partial charge in [-0.1, -0.05) is 26.0 Å². The number of carbonyl (C=O) groups excluding carboxylic acids is 2. The molecule has 0 aromatic heterocycles. The van der Waals surface area contributed by atoms with Crippen molar-refractivity contribution in [2.24, 2.45) is 34.5 Å². The first-order chi connectivity index (χ1) is 14.8. The largest absolute Gasteiger partial charge is 0.349 e. The topological polar surface area (TPSA) is 82.0 Å². The maximum absolute atomic E-state index is 13.3. The van der Waals surface area contributed by atoms with Crippen LogP contribution in [-0.2, 0) is 9.59 Å². The van der Waals surface area contributed by atoms with E-state index in [1.165, 1.54) is 0 Å². The van der Waals surface area contributed by atoms with Gasteiger partial charge in [0.05, 0.1) is 11.6 Å². The summed E-state index contributed by atoms with van der Waals surface area (Å²) in [5.41, 5.74) is 1.31. The van der Waals surface area contributed by atoms with Crippen molar-refractivity contribution < 1.29 is 9.59 Å². The number of anilines is 1. The number of benzene rings is 1. The van der Waals surface area contributed by atoms with Crippen molar-refractivity contribution in [2.75, 3.05) is 5.32 Å². The van der Waals surface area contributed by atoms with Crippen LogP contribution < -0.4 is 10.6 Å². The molecule has 0 saturated heterocycles. The smallest absolute Gasteiger partial charge is 0.243 e. The highest BCUT2D eigenvalue weighted by molar-refractivity contribution is 5.93. The average Bonchev–Trinajstić information content (AvgIpc) is 3.11. The first-order valence-corrected chi connectivity index (χ1v) is 11.7. The van der Waals surface area contributed by atoms with Gasteiger partial charge in [0.1, 0.15) is 0 Å². The van der Waals surface area contributed by atoms with Crippen molar-refractivity contribution in [3.8, 4) is 6.07 Å². The Morgan fingerprint density at radius 3 is 2.81 bits per heavy atom. The molecule has 3 aliphatic carbocycles. The molecule has 1 aromatic rings. The number of hydrogen-bond donors (Lipinski definition) is 2. The van der Waals surface area contributed by atoms with Gasteiger partial charge in [0, 0.05) is 23.1 Å². The summed E-state index contributed by atoms with van der Waals surface area (Å²) in [6.07, 6.45) is 10.3. The van der Waals surface area contributed by atoms with Gasteiger partial charge >= 0.3 is 0 Å². The summed E-state index contributed by atoms with van der Waals surface area (Å²) in [7, 11) is 0. The van der Waals surface area contributed by atoms with E-state index in [2.05, 4.69) is 36.6 Å². The van der Waals surface area contributed by atoms with E-state index < -0.39 is 0 Å². The van der Waals surface area contributed by atoms with Crippen molar-refractivity contribution in [3.63, 3.8) is 0 Å². The molecule has 5 nitrogen and oxygen atoms in total. The maximum Gasteiger partial charge on any atom is 0.243 e. The summed E-state index contributed by atoms with van der Waals surface area (Å²) in [4.78, 5) is 25.2. The second kappa shape index (κ2) is 7.22. The fourth-order valence-electron chi connectivity index (χ4n) is 7.66. The zero-order valence-electron chi connectivity index (χ0n) is 18.4. The quantitative estimate of drug-likeness (QED) is 0.748. The molecule has 0 radical (unpaired) electrons. The van der Waals surface area contributed by atoms with Crippen molar-refractivity contribution in [3.05, 3.63) is 42.0 Å². The molecule has 162 valence electrons. The summed E-state index contributed by atoms with van der Waals surface area (Å²) in [5, 5.41) is 15.4. The van der Waals surface area contributed by atoms with E-state index in [0.29, 0.717) is 29.0 Å². The van der Waals surface area contributed by atoms with Crippen LogP contribution in [0.1, 0.15) is 57.9 Å². The Balaban J connectivity index is 1.36. The van der Waals surface area contributed by atoms with Gasteiger partial charge in [-0.2, -0.15) is 5.26 Å². The van der Waals surface area contributed by atoms with Crippen LogP contribution in [0.2, 0.25) is 0 Å². The third kappa shape index (κ3) is 3.11. The number of carbonyl (C=O) groups is 2. The van der Waals surface area contributed by atoms with Crippen LogP contribution in [0.4, 0.5) is 5.69 Å². The normalized spacial score (nSPS) is 40.7. The van der Waals surface area contributed by atoms with E-state index in [4.69, 9.17) is 5.26 Å². The van der Waals surface area contributed by atoms with Crippen LogP contribution in [0.25, 0.3) is 0 Å². The van der Waals surface area contributed by atoms with Gasteiger partial charge in [0.15, 0.2) is 0 Å². The average molecular weight is 418 g/mol. The lowest BCUT2D eigenvalue weighted by Crippen LogP contribution is -2.59. The summed E-state index contributed by atoms with van der Waals surface area (Å²) < 4.78 is 0. The molecule has 1 heterocycles. The second-order valence-corrected chi connectivity index (χ2v) is 10.6. The van der Waals surface area contributed by atoms with Gasteiger partial charge in [-0.3, -0.25) is 9.59 Å². The molecule has 3 fully saturated rings. The molecule has 2 unspecified atom stereocenters. The first kappa shape index (κ1) is 20.3. The van der Waals surface area contributed by atoms with Crippen LogP contribution in [0, 0.1) is 45.8 Å². The molecular formula is C26H31N3O2. The zero-order chi connectivity index (χ0) is 21.8. The standard InChI is InChI=1S/C26H31N3O2/c1-25-12-10-20-18(6-9-22-26(20,2)13-11-23(30)29-22)19(25)7-8-21(25)24(31)28-17-5-3-4-16(14-17)15-27/h3-5,11,13-14,18-22H,6-10,12H2,1-2H3,(H,28,31)(H,29,30)/t18-,19-,20+,21?,22?,25-,26+/m0/s1. The van der Waals surface area contributed by atoms with Gasteiger partial charge in [0.25, 0.3) is 0 Å². The van der Waals surface area contributed by atoms with Crippen LogP contribution in [0.3, 0.4) is 0 Å². The Morgan fingerprint density at radius 2 is 2.00 bits per heavy atom. The van der Waals surface area contributed by atoms with E-state index in [-0.39, 0.29) is 34.6 Å². The predicted molar refractivity (Wildman–Crippen MR) is 119 cm³/mol. The van der Waals surface area contributed by atoms with E-state index in [1.807, 2.05) is 12.1 Å². The molecule has 5 rings (SSSR count). The zero-order valence-corrected chi connectivity index (χ0v) is 18.4. The molecular weight excluding hydrogens is 386 g/mol. The fraction of sp³-hybridized carbons (Fsp3) is 0.577. The summed E-state index contributed by atoms with van der Waals surface area (Å²) in [6.45, 7) is 4.66. The molecule has 4 aliphatic rings. The van der Waals surface area contributed by atoms with Crippen molar-refractivity contribution in [1.82, 2.24) is 5.32 Å². The molecule has 1 aromatic carbocycles. The van der Waals surface area contributed by atoms with Gasteiger partial charge in [0.2, 0.25) is 11.8 Å². The molecule has 1 aliphatic heterocycles. The fourth-order valence-corrected chi connectivity index (χ4v) is 7.66. The third-order valence-electron chi connectivity index (χ3n) is 9.26. The molecule has 2 N–H and O–H groups in total. The Hall–Kier alpha value is -2.61. The molecule has 3 saturated carbocycles. The third-order valence-corrected chi connectivity index (χ3v) is 9.26. The minimum absolute atomic E-state index is 0.0105. The molecule has 2 amide bonds. The number of nitriles is 1. The number of nitrogens with one attached hydrogen (secondary N) is 2. The Labute approximate surface area is 184 Å². The molecule has 0 spiro atoms. The van der Waals surface area contributed by atoms with Gasteiger partial charge < -0.3 is 10.6 Å². The number of fused-ring (bicyclic) bond motifs is 5. The van der Waals surface area contributed by atoms with E-state index in [9.17, 15) is 9.59 Å². The molecule has 7 atom stereocenters. The Kier molecular flexibility index (Phi) is 4.73. The van der Waals surface area contributed by atoms with Crippen LogP contribution in [0.15, 0.2) is 36.4 Å². The Morgan fingerprint density at radius 1 is 1.16 bits per heavy atom. The number of hydrogen-bond acceptors (Lipinski definition) is 3. The summed E-state index contributed by atoms with van der Waals surface area (Å²) in [6, 6.07) is 9.55. The predicted octanol–water partition coefficient (Wildman–Crippen LogP) is 4.41. The van der Waals surface area contributed by atoms with Crippen molar-refractivity contribution in [2.45, 2.75) is 58.4 Å². The van der Waals surface area contributed by atoms with E-state index in [1.54, 1.807) is 18.2 Å². The molecule has 5 heteroatoms. The van der Waals surface area contributed by atoms with E-state index >= 15 is 0 Å². The second-order valence-electron chi connectivity index (χ2n) is 10.6. The van der Waals surface area contributed by atoms with Gasteiger partial charge in [-0.25, -0.2) is 0 Å². The van der Waals surface area contributed by atoms with Gasteiger partial charge in [-0.05, 0) is 86.0 Å².